The Balaban J connectivity index is 2.08. The van der Waals surface area contributed by atoms with Crippen LogP contribution in [0.15, 0.2) is 24.3 Å². The van der Waals surface area contributed by atoms with Gasteiger partial charge in [0.05, 0.1) is 5.69 Å². The van der Waals surface area contributed by atoms with E-state index in [4.69, 9.17) is 10.00 Å². The van der Waals surface area contributed by atoms with Gasteiger partial charge >= 0.3 is 0 Å². The van der Waals surface area contributed by atoms with Crippen molar-refractivity contribution in [2.24, 2.45) is 0 Å². The quantitative estimate of drug-likeness (QED) is 0.884. The van der Waals surface area contributed by atoms with Gasteiger partial charge in [0.1, 0.15) is 23.6 Å². The largest absolute Gasteiger partial charge is 0.508 e. The molecule has 0 saturated carbocycles. The topological polar surface area (TPSA) is 84.0 Å². The van der Waals surface area contributed by atoms with E-state index in [2.05, 4.69) is 16.4 Å². The molecule has 0 spiro atoms. The fraction of sp³-hybridized carbons (Fsp3) is 0.308. The number of phenolic OH excluding ortho intramolecular Hbond substituents is 1. The van der Waals surface area contributed by atoms with Gasteiger partial charge in [0.2, 0.25) is 0 Å². The Labute approximate surface area is 109 Å². The number of phenols is 1. The van der Waals surface area contributed by atoms with Crippen LogP contribution in [0.3, 0.4) is 0 Å². The van der Waals surface area contributed by atoms with Crippen molar-refractivity contribution in [1.82, 2.24) is 15.0 Å². The molecule has 6 nitrogen and oxygen atoms in total. The highest BCUT2D eigenvalue weighted by Crippen LogP contribution is 2.31. The van der Waals surface area contributed by atoms with E-state index in [0.29, 0.717) is 18.0 Å². The fourth-order valence-corrected chi connectivity index (χ4v) is 2.24. The third-order valence-electron chi connectivity index (χ3n) is 3.14. The number of hydrogen-bond donors (Lipinski definition) is 1. The number of hydrogen-bond acceptors (Lipinski definition) is 5. The molecular formula is C13H12N4O2. The van der Waals surface area contributed by atoms with Crippen molar-refractivity contribution in [2.45, 2.75) is 18.9 Å². The van der Waals surface area contributed by atoms with E-state index in [0.717, 1.165) is 18.5 Å². The van der Waals surface area contributed by atoms with E-state index < -0.39 is 0 Å². The van der Waals surface area contributed by atoms with Crippen LogP contribution in [-0.4, -0.2) is 26.7 Å². The third kappa shape index (κ3) is 2.04. The summed E-state index contributed by atoms with van der Waals surface area (Å²) in [4.78, 5) is 0. The maximum atomic E-state index is 9.31. The summed E-state index contributed by atoms with van der Waals surface area (Å²) in [5, 5.41) is 26.3. The Morgan fingerprint density at radius 3 is 2.79 bits per heavy atom. The Bertz CT molecular complexity index is 621. The highest BCUT2D eigenvalue weighted by atomic mass is 16.5. The monoisotopic (exact) mass is 256 g/mol. The van der Waals surface area contributed by atoms with Gasteiger partial charge in [0.25, 0.3) is 0 Å². The van der Waals surface area contributed by atoms with Crippen LogP contribution in [0.5, 0.6) is 5.75 Å². The summed E-state index contributed by atoms with van der Waals surface area (Å²) < 4.78 is 7.23. The van der Waals surface area contributed by atoms with Gasteiger partial charge in [0.15, 0.2) is 5.69 Å². The summed E-state index contributed by atoms with van der Waals surface area (Å²) in [7, 11) is 0. The van der Waals surface area contributed by atoms with E-state index in [-0.39, 0.29) is 11.9 Å². The molecule has 2 aromatic rings. The second-order valence-corrected chi connectivity index (χ2v) is 4.36. The molecule has 1 unspecified atom stereocenters. The standard InChI is InChI=1S/C13H12N4O2/c14-8-11-13(12-2-1-7-19-12)17(16-15-11)9-3-5-10(18)6-4-9/h3-6,12,18H,1-2,7H2. The van der Waals surface area contributed by atoms with E-state index >= 15 is 0 Å². The molecule has 6 heteroatoms. The number of aromatic nitrogens is 3. The van der Waals surface area contributed by atoms with Crippen LogP contribution >= 0.6 is 0 Å². The van der Waals surface area contributed by atoms with E-state index in [1.165, 1.54) is 0 Å². The second kappa shape index (κ2) is 4.71. The smallest absolute Gasteiger partial charge is 0.189 e. The van der Waals surface area contributed by atoms with Crippen molar-refractivity contribution in [3.8, 4) is 17.5 Å². The molecule has 1 atom stereocenters. The zero-order chi connectivity index (χ0) is 13.2. The number of benzene rings is 1. The van der Waals surface area contributed by atoms with Crippen LogP contribution in [0.25, 0.3) is 5.69 Å². The number of nitrogens with zero attached hydrogens (tertiary/aromatic N) is 4. The van der Waals surface area contributed by atoms with Gasteiger partial charge in [-0.05, 0) is 37.1 Å². The molecule has 1 fully saturated rings. The molecule has 1 aliphatic rings. The minimum Gasteiger partial charge on any atom is -0.508 e. The summed E-state index contributed by atoms with van der Waals surface area (Å²) in [6.45, 7) is 0.691. The van der Waals surface area contributed by atoms with Gasteiger partial charge in [-0.25, -0.2) is 4.68 Å². The van der Waals surface area contributed by atoms with E-state index in [1.54, 1.807) is 28.9 Å². The zero-order valence-corrected chi connectivity index (χ0v) is 10.2. The maximum Gasteiger partial charge on any atom is 0.189 e. The number of rotatable bonds is 2. The van der Waals surface area contributed by atoms with Crippen molar-refractivity contribution >= 4 is 0 Å². The summed E-state index contributed by atoms with van der Waals surface area (Å²) in [6, 6.07) is 8.65. The average molecular weight is 256 g/mol. The minimum absolute atomic E-state index is 0.140. The van der Waals surface area contributed by atoms with Gasteiger partial charge in [-0.2, -0.15) is 5.26 Å². The van der Waals surface area contributed by atoms with Gasteiger partial charge in [-0.1, -0.05) is 5.21 Å². The number of aromatic hydroxyl groups is 1. The molecular weight excluding hydrogens is 244 g/mol. The molecule has 19 heavy (non-hydrogen) atoms. The molecule has 0 aliphatic carbocycles. The predicted octanol–water partition coefficient (Wildman–Crippen LogP) is 1.70. The van der Waals surface area contributed by atoms with E-state index in [9.17, 15) is 5.11 Å². The molecule has 3 rings (SSSR count). The lowest BCUT2D eigenvalue weighted by atomic mass is 10.1. The highest BCUT2D eigenvalue weighted by molar-refractivity contribution is 5.40. The van der Waals surface area contributed by atoms with Crippen molar-refractivity contribution in [3.05, 3.63) is 35.7 Å². The first-order valence-electron chi connectivity index (χ1n) is 6.06. The molecule has 2 heterocycles. The van der Waals surface area contributed by atoms with Gasteiger partial charge < -0.3 is 9.84 Å². The molecule has 0 bridgehead atoms. The lowest BCUT2D eigenvalue weighted by Crippen LogP contribution is -2.08. The molecule has 1 saturated heterocycles. The summed E-state index contributed by atoms with van der Waals surface area (Å²) in [6.07, 6.45) is 1.69. The molecule has 1 N–H and O–H groups in total. The minimum atomic E-state index is -0.140. The Morgan fingerprint density at radius 2 is 2.16 bits per heavy atom. The first kappa shape index (κ1) is 11.7. The maximum absolute atomic E-state index is 9.31. The normalized spacial score (nSPS) is 18.4. The van der Waals surface area contributed by atoms with Gasteiger partial charge in [-0.3, -0.25) is 0 Å². The van der Waals surface area contributed by atoms with Crippen LogP contribution in [0.4, 0.5) is 0 Å². The van der Waals surface area contributed by atoms with Crippen LogP contribution in [0, 0.1) is 11.3 Å². The first-order valence-corrected chi connectivity index (χ1v) is 6.06. The first-order chi connectivity index (χ1) is 9.29. The van der Waals surface area contributed by atoms with Gasteiger partial charge in [0, 0.05) is 6.61 Å². The molecule has 0 radical (unpaired) electrons. The van der Waals surface area contributed by atoms with Crippen LogP contribution in [0.2, 0.25) is 0 Å². The molecule has 96 valence electrons. The fourth-order valence-electron chi connectivity index (χ4n) is 2.24. The van der Waals surface area contributed by atoms with Crippen molar-refractivity contribution in [2.75, 3.05) is 6.61 Å². The Kier molecular flexibility index (Phi) is 2.89. The predicted molar refractivity (Wildman–Crippen MR) is 65.7 cm³/mol. The summed E-state index contributed by atoms with van der Waals surface area (Å²) in [5.41, 5.74) is 1.72. The van der Waals surface area contributed by atoms with Crippen molar-refractivity contribution < 1.29 is 9.84 Å². The van der Waals surface area contributed by atoms with Crippen LogP contribution < -0.4 is 0 Å². The zero-order valence-electron chi connectivity index (χ0n) is 10.2. The molecule has 1 aliphatic heterocycles. The number of ether oxygens (including phenoxy) is 1. The molecule has 0 amide bonds. The van der Waals surface area contributed by atoms with E-state index in [1.807, 2.05) is 0 Å². The lowest BCUT2D eigenvalue weighted by Gasteiger charge is -2.12. The van der Waals surface area contributed by atoms with Crippen molar-refractivity contribution in [3.63, 3.8) is 0 Å². The Hall–Kier alpha value is -2.39. The van der Waals surface area contributed by atoms with Gasteiger partial charge in [-0.15, -0.1) is 5.10 Å². The van der Waals surface area contributed by atoms with Crippen molar-refractivity contribution in [1.29, 1.82) is 5.26 Å². The van der Waals surface area contributed by atoms with Crippen LogP contribution in [-0.2, 0) is 4.74 Å². The Morgan fingerprint density at radius 1 is 1.37 bits per heavy atom. The molecule has 1 aromatic heterocycles. The third-order valence-corrected chi connectivity index (χ3v) is 3.14. The molecule has 1 aromatic carbocycles. The SMILES string of the molecule is N#Cc1nnn(-c2ccc(O)cc2)c1C1CCCO1. The second-order valence-electron chi connectivity index (χ2n) is 4.36. The summed E-state index contributed by atoms with van der Waals surface area (Å²) >= 11 is 0. The lowest BCUT2D eigenvalue weighted by molar-refractivity contribution is 0.106. The number of nitriles is 1. The highest BCUT2D eigenvalue weighted by Gasteiger charge is 2.27. The summed E-state index contributed by atoms with van der Waals surface area (Å²) in [5.74, 6) is 0.183. The van der Waals surface area contributed by atoms with Crippen LogP contribution in [0.1, 0.15) is 30.3 Å². The average Bonchev–Trinajstić information content (AvgIpc) is 3.07.